The number of nitrogens with two attached hydrogens (primary N) is 1. The summed E-state index contributed by atoms with van der Waals surface area (Å²) >= 11 is 1.57. The van der Waals surface area contributed by atoms with E-state index in [9.17, 15) is 8.42 Å². The summed E-state index contributed by atoms with van der Waals surface area (Å²) in [7, 11) is -6.87. The van der Waals surface area contributed by atoms with Crippen LogP contribution in [0.25, 0.3) is 0 Å². The Morgan fingerprint density at radius 1 is 0.955 bits per heavy atom. The van der Waals surface area contributed by atoms with Gasteiger partial charge in [0.2, 0.25) is 0 Å². The lowest BCUT2D eigenvalue weighted by molar-refractivity contribution is -0.250. The van der Waals surface area contributed by atoms with Gasteiger partial charge in [-0.05, 0) is 22.3 Å². The Bertz CT molecular complexity index is 1570. The third-order valence-electron chi connectivity index (χ3n) is 7.84. The second-order valence-corrected chi connectivity index (χ2v) is 18.7. The number of aryl methyl sites for hydroxylation is 1. The van der Waals surface area contributed by atoms with Gasteiger partial charge in [-0.1, -0.05) is 112 Å². The largest absolute Gasteiger partial charge is 0.407 e. The molecule has 1 aromatic heterocycles. The maximum atomic E-state index is 11.8. The molecule has 8 nitrogen and oxygen atoms in total. The lowest BCUT2D eigenvalue weighted by Crippen LogP contribution is -2.66. The number of hydrogen-bond acceptors (Lipinski definition) is 8. The van der Waals surface area contributed by atoms with Gasteiger partial charge < -0.3 is 13.9 Å². The van der Waals surface area contributed by atoms with Crippen molar-refractivity contribution in [2.75, 3.05) is 13.2 Å². The van der Waals surface area contributed by atoms with Crippen molar-refractivity contribution >= 4 is 40.3 Å². The summed E-state index contributed by atoms with van der Waals surface area (Å²) in [6.07, 6.45) is -1.17. The topological polar surface area (TPSA) is 110 Å². The van der Waals surface area contributed by atoms with Gasteiger partial charge in [-0.25, -0.2) is 14.3 Å². The van der Waals surface area contributed by atoms with E-state index in [0.29, 0.717) is 19.4 Å². The normalized spacial score (nSPS) is 19.6. The predicted octanol–water partition coefficient (Wildman–Crippen LogP) is 4.82. The first kappa shape index (κ1) is 32.6. The monoisotopic (exact) mass is 652 g/mol. The summed E-state index contributed by atoms with van der Waals surface area (Å²) in [6.45, 7) is 9.38. The summed E-state index contributed by atoms with van der Waals surface area (Å²) in [5, 5.41) is 8.39. The third-order valence-corrected chi connectivity index (χ3v) is 14.4. The fourth-order valence-electron chi connectivity index (χ4n) is 5.84. The van der Waals surface area contributed by atoms with Crippen molar-refractivity contribution in [1.29, 1.82) is 0 Å². The van der Waals surface area contributed by atoms with Crippen LogP contribution < -0.4 is 15.5 Å². The molecule has 1 saturated heterocycles. The quantitative estimate of drug-likeness (QED) is 0.232. The summed E-state index contributed by atoms with van der Waals surface area (Å²) < 4.78 is 47.9. The number of nitrogens with zero attached hydrogens (tertiary/aromatic N) is 1. The standard InChI is InChI=1S/C33H40N2O6S2Si/c1-24-28(20-21-39-44(33(2,3)4,26-16-10-6-11-17-26)27-18-12-7-13-19-27)35-31(42-24)22-29-30(41-43(34,36)37)23-38-32(40-29)25-14-8-5-9-15-25/h5-19,29-30,32H,20-23H2,1-4H3,(H2,34,36,37)/t29-,30-,32+/m1/s1. The van der Waals surface area contributed by atoms with E-state index < -0.39 is 37.1 Å². The van der Waals surface area contributed by atoms with Crippen LogP contribution in [0.15, 0.2) is 91.0 Å². The van der Waals surface area contributed by atoms with Crippen LogP contribution in [0.5, 0.6) is 0 Å². The molecule has 3 aromatic carbocycles. The maximum absolute atomic E-state index is 11.8. The van der Waals surface area contributed by atoms with Gasteiger partial charge in [0.1, 0.15) is 6.10 Å². The van der Waals surface area contributed by atoms with Gasteiger partial charge in [0.15, 0.2) is 6.29 Å². The number of benzene rings is 3. The van der Waals surface area contributed by atoms with E-state index in [2.05, 4.69) is 76.2 Å². The summed E-state index contributed by atoms with van der Waals surface area (Å²) in [5.74, 6) is 0. The number of rotatable bonds is 11. The fraction of sp³-hybridized carbons (Fsp3) is 0.364. The van der Waals surface area contributed by atoms with Crippen molar-refractivity contribution in [2.24, 2.45) is 5.14 Å². The number of aromatic nitrogens is 1. The molecule has 3 atom stereocenters. The van der Waals surface area contributed by atoms with Crippen LogP contribution in [0.4, 0.5) is 0 Å². The molecule has 4 aromatic rings. The van der Waals surface area contributed by atoms with Crippen LogP contribution in [-0.2, 0) is 41.2 Å². The van der Waals surface area contributed by atoms with Crippen LogP contribution in [0.2, 0.25) is 5.04 Å². The van der Waals surface area contributed by atoms with E-state index in [1.54, 1.807) is 11.3 Å². The Hall–Kier alpha value is -2.74. The van der Waals surface area contributed by atoms with E-state index in [1.807, 2.05) is 42.5 Å². The number of hydrogen-bond donors (Lipinski definition) is 1. The Morgan fingerprint density at radius 2 is 1.52 bits per heavy atom. The first-order valence-corrected chi connectivity index (χ1v) is 18.9. The van der Waals surface area contributed by atoms with Crippen molar-refractivity contribution in [2.45, 2.75) is 64.1 Å². The van der Waals surface area contributed by atoms with Crippen molar-refractivity contribution in [3.63, 3.8) is 0 Å². The van der Waals surface area contributed by atoms with Crippen LogP contribution in [-0.4, -0.2) is 47.1 Å². The van der Waals surface area contributed by atoms with Crippen LogP contribution in [0, 0.1) is 6.92 Å². The SMILES string of the molecule is Cc1sc(C[C@H]2O[C@@H](c3ccccc3)OC[C@H]2OS(N)(=O)=O)nc1CCO[Si](c1ccccc1)(c1ccccc1)C(C)(C)C. The Balaban J connectivity index is 1.35. The van der Waals surface area contributed by atoms with Crippen LogP contribution >= 0.6 is 11.3 Å². The third kappa shape index (κ3) is 7.55. The zero-order chi connectivity index (χ0) is 31.4. The highest BCUT2D eigenvalue weighted by Gasteiger charge is 2.50. The maximum Gasteiger partial charge on any atom is 0.333 e. The van der Waals surface area contributed by atoms with Gasteiger partial charge in [0.25, 0.3) is 8.32 Å². The molecule has 0 aliphatic carbocycles. The average Bonchev–Trinajstić information content (AvgIpc) is 3.34. The minimum Gasteiger partial charge on any atom is -0.407 e. The Kier molecular flexibility index (Phi) is 10.2. The highest BCUT2D eigenvalue weighted by molar-refractivity contribution is 7.84. The lowest BCUT2D eigenvalue weighted by Gasteiger charge is -2.43. The average molecular weight is 653 g/mol. The molecule has 0 radical (unpaired) electrons. The summed E-state index contributed by atoms with van der Waals surface area (Å²) in [4.78, 5) is 6.04. The van der Waals surface area contributed by atoms with Gasteiger partial charge >= 0.3 is 10.3 Å². The van der Waals surface area contributed by atoms with E-state index >= 15 is 0 Å². The summed E-state index contributed by atoms with van der Waals surface area (Å²) in [5.41, 5.74) is 1.79. The molecule has 44 heavy (non-hydrogen) atoms. The zero-order valence-electron chi connectivity index (χ0n) is 25.5. The highest BCUT2D eigenvalue weighted by atomic mass is 32.2. The van der Waals surface area contributed by atoms with Crippen molar-refractivity contribution in [3.05, 3.63) is 112 Å². The second kappa shape index (κ2) is 13.7. The molecule has 1 fully saturated rings. The molecule has 1 aliphatic heterocycles. The van der Waals surface area contributed by atoms with Crippen molar-refractivity contribution < 1.29 is 26.5 Å². The summed E-state index contributed by atoms with van der Waals surface area (Å²) in [6, 6.07) is 30.7. The van der Waals surface area contributed by atoms with Gasteiger partial charge in [0, 0.05) is 29.9 Å². The van der Waals surface area contributed by atoms with Crippen LogP contribution in [0.3, 0.4) is 0 Å². The van der Waals surface area contributed by atoms with Crippen molar-refractivity contribution in [3.8, 4) is 0 Å². The number of thiazole rings is 1. The second-order valence-electron chi connectivity index (χ2n) is 12.0. The molecular weight excluding hydrogens is 613 g/mol. The van der Waals surface area contributed by atoms with Gasteiger partial charge in [-0.15, -0.1) is 11.3 Å². The molecule has 5 rings (SSSR count). The zero-order valence-corrected chi connectivity index (χ0v) is 28.1. The molecule has 0 bridgehead atoms. The molecule has 234 valence electrons. The smallest absolute Gasteiger partial charge is 0.333 e. The molecule has 1 aliphatic rings. The first-order valence-electron chi connectivity index (χ1n) is 14.7. The first-order chi connectivity index (χ1) is 21.0. The predicted molar refractivity (Wildman–Crippen MR) is 176 cm³/mol. The van der Waals surface area contributed by atoms with Crippen LogP contribution in [0.1, 0.15) is 48.2 Å². The highest BCUT2D eigenvalue weighted by Crippen LogP contribution is 2.37. The van der Waals surface area contributed by atoms with Gasteiger partial charge in [-0.2, -0.15) is 8.42 Å². The molecule has 0 unspecified atom stereocenters. The Labute approximate surface area is 265 Å². The van der Waals surface area contributed by atoms with Gasteiger partial charge in [0.05, 0.1) is 23.4 Å². The number of ether oxygens (including phenoxy) is 2. The minimum absolute atomic E-state index is 0.0181. The molecule has 0 spiro atoms. The minimum atomic E-state index is -4.21. The van der Waals surface area contributed by atoms with E-state index in [-0.39, 0.29) is 11.6 Å². The molecule has 0 amide bonds. The molecule has 0 saturated carbocycles. The van der Waals surface area contributed by atoms with Gasteiger partial charge in [-0.3, -0.25) is 0 Å². The Morgan fingerprint density at radius 3 is 2.07 bits per heavy atom. The molecule has 2 heterocycles. The molecule has 2 N–H and O–H groups in total. The molecule has 11 heteroatoms. The van der Waals surface area contributed by atoms with E-state index in [4.69, 9.17) is 28.2 Å². The lowest BCUT2D eigenvalue weighted by atomic mass is 10.1. The fourth-order valence-corrected chi connectivity index (χ4v) is 12.0. The van der Waals surface area contributed by atoms with E-state index in [0.717, 1.165) is 21.1 Å². The van der Waals surface area contributed by atoms with E-state index in [1.165, 1.54) is 10.4 Å². The van der Waals surface area contributed by atoms with Crippen molar-refractivity contribution in [1.82, 2.24) is 4.98 Å². The molecular formula is C33H40N2O6S2Si.